The summed E-state index contributed by atoms with van der Waals surface area (Å²) in [4.78, 5) is 38.8. The predicted molar refractivity (Wildman–Crippen MR) is 115 cm³/mol. The molecule has 0 heterocycles. The molecule has 0 aliphatic heterocycles. The lowest BCUT2D eigenvalue weighted by Gasteiger charge is -2.13. The van der Waals surface area contributed by atoms with E-state index in [2.05, 4.69) is 5.32 Å². The lowest BCUT2D eigenvalue weighted by atomic mass is 10.1. The zero-order valence-corrected chi connectivity index (χ0v) is 17.8. The van der Waals surface area contributed by atoms with Gasteiger partial charge in [-0.2, -0.15) is 0 Å². The van der Waals surface area contributed by atoms with Crippen molar-refractivity contribution in [2.45, 2.75) is 24.3 Å². The van der Waals surface area contributed by atoms with Crippen LogP contribution in [0.1, 0.15) is 28.8 Å². The van der Waals surface area contributed by atoms with Gasteiger partial charge in [-0.1, -0.05) is 24.3 Å². The average molecular weight is 415 g/mol. The van der Waals surface area contributed by atoms with Gasteiger partial charge in [-0.15, -0.1) is 11.8 Å². The van der Waals surface area contributed by atoms with E-state index in [0.29, 0.717) is 12.1 Å². The lowest BCUT2D eigenvalue weighted by molar-refractivity contribution is -0.148. The number of hydrogen-bond donors (Lipinski definition) is 1. The van der Waals surface area contributed by atoms with Gasteiger partial charge in [-0.25, -0.2) is 0 Å². The predicted octanol–water partition coefficient (Wildman–Crippen LogP) is 3.30. The molecule has 2 aromatic rings. The number of carbonyl (C=O) groups excluding carboxylic acids is 3. The molecule has 0 aliphatic carbocycles. The summed E-state index contributed by atoms with van der Waals surface area (Å²) in [6.45, 7) is -0.000154. The van der Waals surface area contributed by atoms with Gasteiger partial charge in [0, 0.05) is 43.2 Å². The summed E-state index contributed by atoms with van der Waals surface area (Å²) in [5.41, 5.74) is 2.59. The summed E-state index contributed by atoms with van der Waals surface area (Å²) >= 11 is 1.60. The average Bonchev–Trinajstić information content (AvgIpc) is 2.74. The maximum atomic E-state index is 12.1. The van der Waals surface area contributed by atoms with Crippen molar-refractivity contribution in [1.29, 1.82) is 0 Å². The van der Waals surface area contributed by atoms with Crippen LogP contribution in [0.5, 0.6) is 0 Å². The first kappa shape index (κ1) is 22.5. The van der Waals surface area contributed by atoms with Crippen molar-refractivity contribution in [2.75, 3.05) is 31.9 Å². The number of anilines is 1. The van der Waals surface area contributed by atoms with E-state index in [1.807, 2.05) is 61.6 Å². The molecule has 154 valence electrons. The largest absolute Gasteiger partial charge is 0.456 e. The smallest absolute Gasteiger partial charge is 0.306 e. The van der Waals surface area contributed by atoms with Crippen molar-refractivity contribution in [3.63, 3.8) is 0 Å². The Balaban J connectivity index is 1.67. The third-order valence-electron chi connectivity index (χ3n) is 4.27. The highest BCUT2D eigenvalue weighted by Crippen LogP contribution is 2.16. The minimum absolute atomic E-state index is 0.0529. The number of nitrogens with one attached hydrogen (secondary N) is 1. The number of rotatable bonds is 10. The van der Waals surface area contributed by atoms with E-state index in [1.54, 1.807) is 23.9 Å². The molecular weight excluding hydrogens is 388 g/mol. The summed E-state index contributed by atoms with van der Waals surface area (Å²) in [6.07, 6.45) is 1.96. The normalized spacial score (nSPS) is 10.3. The van der Waals surface area contributed by atoms with Crippen molar-refractivity contribution in [1.82, 2.24) is 5.32 Å². The van der Waals surface area contributed by atoms with E-state index >= 15 is 0 Å². The Morgan fingerprint density at radius 2 is 1.62 bits per heavy atom. The summed E-state index contributed by atoms with van der Waals surface area (Å²) in [5.74, 6) is -1.07. The first-order valence-electron chi connectivity index (χ1n) is 9.25. The van der Waals surface area contributed by atoms with Crippen molar-refractivity contribution < 1.29 is 19.1 Å². The summed E-state index contributed by atoms with van der Waals surface area (Å²) in [7, 11) is 3.92. The zero-order chi connectivity index (χ0) is 21.2. The van der Waals surface area contributed by atoms with Crippen LogP contribution in [0, 0.1) is 0 Å². The van der Waals surface area contributed by atoms with Gasteiger partial charge in [0.05, 0.1) is 6.42 Å². The van der Waals surface area contributed by atoms with Gasteiger partial charge in [0.1, 0.15) is 0 Å². The van der Waals surface area contributed by atoms with Crippen LogP contribution in [-0.4, -0.2) is 44.6 Å². The van der Waals surface area contributed by atoms with Crippen molar-refractivity contribution >= 4 is 35.1 Å². The molecule has 1 amide bonds. The highest BCUT2D eigenvalue weighted by molar-refractivity contribution is 7.98. The fourth-order valence-corrected chi connectivity index (χ4v) is 2.93. The second-order valence-electron chi connectivity index (χ2n) is 6.65. The van der Waals surface area contributed by atoms with Crippen LogP contribution in [0.4, 0.5) is 5.69 Å². The van der Waals surface area contributed by atoms with Gasteiger partial charge < -0.3 is 15.0 Å². The number of Topliss-reactive ketones (excluding diaryl/α,β-unsaturated/α-hetero) is 1. The van der Waals surface area contributed by atoms with Crippen LogP contribution in [0.2, 0.25) is 0 Å². The Morgan fingerprint density at radius 3 is 2.21 bits per heavy atom. The topological polar surface area (TPSA) is 75.7 Å². The molecule has 6 nitrogen and oxygen atoms in total. The quantitative estimate of drug-likeness (QED) is 0.365. The first-order valence-corrected chi connectivity index (χ1v) is 10.5. The Bertz CT molecular complexity index is 833. The lowest BCUT2D eigenvalue weighted by Crippen LogP contribution is -2.28. The van der Waals surface area contributed by atoms with Gasteiger partial charge in [0.25, 0.3) is 5.91 Å². The van der Waals surface area contributed by atoms with E-state index in [9.17, 15) is 14.4 Å². The molecule has 0 spiro atoms. The first-order chi connectivity index (χ1) is 13.9. The molecule has 0 bridgehead atoms. The molecule has 0 aliphatic rings. The fourth-order valence-electron chi connectivity index (χ4n) is 2.52. The number of ether oxygens (including phenoxy) is 1. The van der Waals surface area contributed by atoms with Crippen LogP contribution in [0.3, 0.4) is 0 Å². The third-order valence-corrected chi connectivity index (χ3v) is 5.02. The maximum Gasteiger partial charge on any atom is 0.306 e. The molecule has 1 N–H and O–H groups in total. The van der Waals surface area contributed by atoms with Crippen LogP contribution in [-0.2, 0) is 20.9 Å². The fraction of sp³-hybridized carbons (Fsp3) is 0.318. The molecule has 0 atom stereocenters. The number of amides is 1. The summed E-state index contributed by atoms with van der Waals surface area (Å²) in [5, 5.41) is 2.71. The van der Waals surface area contributed by atoms with Crippen LogP contribution in [0.15, 0.2) is 53.4 Å². The number of hydrogen-bond acceptors (Lipinski definition) is 6. The van der Waals surface area contributed by atoms with E-state index < -0.39 is 5.97 Å². The SMILES string of the molecule is CSc1ccc(C(=O)CCC(=O)OCC(=O)NCc2ccc(N(C)C)cc2)cc1. The van der Waals surface area contributed by atoms with Gasteiger partial charge in [-0.3, -0.25) is 14.4 Å². The number of nitrogens with zero attached hydrogens (tertiary/aromatic N) is 1. The van der Waals surface area contributed by atoms with E-state index in [4.69, 9.17) is 4.74 Å². The van der Waals surface area contributed by atoms with Crippen LogP contribution >= 0.6 is 11.8 Å². The van der Waals surface area contributed by atoms with Crippen LogP contribution < -0.4 is 10.2 Å². The Morgan fingerprint density at radius 1 is 0.966 bits per heavy atom. The highest BCUT2D eigenvalue weighted by Gasteiger charge is 2.12. The zero-order valence-electron chi connectivity index (χ0n) is 16.9. The highest BCUT2D eigenvalue weighted by atomic mass is 32.2. The Kier molecular flexibility index (Phi) is 8.73. The van der Waals surface area contributed by atoms with Crippen molar-refractivity contribution in [3.05, 3.63) is 59.7 Å². The molecule has 2 aromatic carbocycles. The minimum Gasteiger partial charge on any atom is -0.456 e. The minimum atomic E-state index is -0.565. The Labute approximate surface area is 175 Å². The van der Waals surface area contributed by atoms with Gasteiger partial charge in [-0.05, 0) is 36.1 Å². The van der Waals surface area contributed by atoms with Gasteiger partial charge in [0.15, 0.2) is 12.4 Å². The van der Waals surface area contributed by atoms with Gasteiger partial charge in [0.2, 0.25) is 0 Å². The molecule has 0 fully saturated rings. The third kappa shape index (κ3) is 7.62. The molecule has 7 heteroatoms. The molecule has 2 rings (SSSR count). The maximum absolute atomic E-state index is 12.1. The molecule has 0 unspecified atom stereocenters. The molecular formula is C22H26N2O4S. The number of carbonyl (C=O) groups is 3. The second-order valence-corrected chi connectivity index (χ2v) is 7.53. The number of benzene rings is 2. The molecule has 29 heavy (non-hydrogen) atoms. The second kappa shape index (κ2) is 11.3. The van der Waals surface area contributed by atoms with Gasteiger partial charge >= 0.3 is 5.97 Å². The number of thioether (sulfide) groups is 1. The summed E-state index contributed by atoms with van der Waals surface area (Å²) < 4.78 is 4.95. The molecule has 0 saturated heterocycles. The van der Waals surface area contributed by atoms with E-state index in [-0.39, 0.29) is 31.1 Å². The van der Waals surface area contributed by atoms with E-state index in [0.717, 1.165) is 16.1 Å². The Hall–Kier alpha value is -2.80. The van der Waals surface area contributed by atoms with Crippen molar-refractivity contribution in [3.8, 4) is 0 Å². The monoisotopic (exact) mass is 414 g/mol. The van der Waals surface area contributed by atoms with Crippen molar-refractivity contribution in [2.24, 2.45) is 0 Å². The number of ketones is 1. The number of esters is 1. The molecule has 0 radical (unpaired) electrons. The molecule has 0 saturated carbocycles. The van der Waals surface area contributed by atoms with E-state index in [1.165, 1.54) is 0 Å². The standard InChI is InChI=1S/C22H26N2O4S/c1-24(2)18-8-4-16(5-9-18)14-23-21(26)15-28-22(27)13-12-20(25)17-6-10-19(29-3)11-7-17/h4-11H,12-15H2,1-3H3,(H,23,26). The summed E-state index contributed by atoms with van der Waals surface area (Å²) in [6, 6.07) is 15.0. The molecule has 0 aromatic heterocycles. The van der Waals surface area contributed by atoms with Crippen LogP contribution in [0.25, 0.3) is 0 Å².